The first-order chi connectivity index (χ1) is 17.3. The average molecular weight is 502 g/mol. The van der Waals surface area contributed by atoms with E-state index in [0.717, 1.165) is 36.6 Å². The normalized spacial score (nSPS) is 18.3. The van der Waals surface area contributed by atoms with Crippen LogP contribution in [0, 0.1) is 20.8 Å². The number of hydrogen-bond acceptors (Lipinski definition) is 2. The second-order valence-electron chi connectivity index (χ2n) is 9.20. The molecule has 4 heteroatoms. The zero-order valence-corrected chi connectivity index (χ0v) is 23.7. The molecular weight excluding hydrogens is 462 g/mol. The van der Waals surface area contributed by atoms with Gasteiger partial charge in [0.25, 0.3) is 0 Å². The summed E-state index contributed by atoms with van der Waals surface area (Å²) in [5.74, 6) is 0.929. The Morgan fingerprint density at radius 3 is 2.28 bits per heavy atom. The Bertz CT molecular complexity index is 1240. The molecule has 1 aromatic heterocycles. The summed E-state index contributed by atoms with van der Waals surface area (Å²) in [6.07, 6.45) is 7.28. The molecule has 1 unspecified atom stereocenters. The minimum absolute atomic E-state index is 0.153. The Kier molecular flexibility index (Phi) is 9.53. The average Bonchev–Trinajstić information content (AvgIpc) is 3.14. The van der Waals surface area contributed by atoms with E-state index in [1.54, 1.807) is 0 Å². The summed E-state index contributed by atoms with van der Waals surface area (Å²) in [6.45, 7) is 18.1. The van der Waals surface area contributed by atoms with Crippen molar-refractivity contribution in [3.8, 4) is 11.4 Å². The van der Waals surface area contributed by atoms with Crippen LogP contribution in [0.1, 0.15) is 61.2 Å². The van der Waals surface area contributed by atoms with Gasteiger partial charge in [0.1, 0.15) is 5.82 Å². The third-order valence-corrected chi connectivity index (χ3v) is 7.25. The lowest BCUT2D eigenvalue weighted by atomic mass is 9.85. The van der Waals surface area contributed by atoms with E-state index < -0.39 is 0 Å². The van der Waals surface area contributed by atoms with Gasteiger partial charge in [-0.05, 0) is 62.0 Å². The van der Waals surface area contributed by atoms with Crippen LogP contribution in [0.25, 0.3) is 11.4 Å². The zero-order chi connectivity index (χ0) is 26.4. The first-order valence-electron chi connectivity index (χ1n) is 12.9. The number of hydrogen-bond donors (Lipinski definition) is 0. The Hall–Kier alpha value is -2.88. The number of benzene rings is 2. The van der Waals surface area contributed by atoms with E-state index in [-0.39, 0.29) is 6.04 Å². The maximum atomic E-state index is 6.79. The molecule has 4 rings (SSSR count). The molecule has 1 aliphatic rings. The summed E-state index contributed by atoms with van der Waals surface area (Å²) in [4.78, 5) is 7.35. The number of aromatic nitrogens is 2. The second-order valence-corrected chi connectivity index (χ2v) is 9.56. The molecule has 1 atom stereocenters. The first kappa shape index (κ1) is 27.7. The highest BCUT2D eigenvalue weighted by atomic mass is 35.5. The largest absolute Gasteiger partial charge is 0.329 e. The minimum Gasteiger partial charge on any atom is -0.329 e. The molecule has 0 aliphatic carbocycles. The van der Waals surface area contributed by atoms with Gasteiger partial charge in [0.05, 0.1) is 11.7 Å². The predicted octanol–water partition coefficient (Wildman–Crippen LogP) is 8.70. The van der Waals surface area contributed by atoms with Crippen LogP contribution in [-0.4, -0.2) is 21.0 Å². The third kappa shape index (κ3) is 5.58. The van der Waals surface area contributed by atoms with Gasteiger partial charge in [-0.1, -0.05) is 98.3 Å². The van der Waals surface area contributed by atoms with Crippen LogP contribution in [-0.2, 0) is 13.6 Å². The molecule has 0 bridgehead atoms. The molecule has 1 saturated heterocycles. The summed E-state index contributed by atoms with van der Waals surface area (Å²) < 4.78 is 2.17. The van der Waals surface area contributed by atoms with Crippen molar-refractivity contribution < 1.29 is 0 Å². The molecule has 1 aliphatic heterocycles. The van der Waals surface area contributed by atoms with Crippen molar-refractivity contribution in [1.82, 2.24) is 14.5 Å². The molecule has 0 radical (unpaired) electrons. The van der Waals surface area contributed by atoms with Gasteiger partial charge in [0.2, 0.25) is 0 Å². The SMILES string of the molecule is C=C/C=C1/CCN(Cc2c(Cl)nc(-c3c(C)cccc3C)n2C)C(c2ccc(C)cc2)/C1=C/C.CC. The summed E-state index contributed by atoms with van der Waals surface area (Å²) in [5.41, 5.74) is 9.88. The molecular formula is C32H40ClN3. The third-order valence-electron chi connectivity index (χ3n) is 6.94. The maximum Gasteiger partial charge on any atom is 0.152 e. The zero-order valence-electron chi connectivity index (χ0n) is 22.9. The summed E-state index contributed by atoms with van der Waals surface area (Å²) >= 11 is 6.79. The van der Waals surface area contributed by atoms with E-state index in [0.29, 0.717) is 5.15 Å². The van der Waals surface area contributed by atoms with Crippen LogP contribution >= 0.6 is 11.6 Å². The van der Waals surface area contributed by atoms with Gasteiger partial charge in [-0.3, -0.25) is 4.90 Å². The fourth-order valence-electron chi connectivity index (χ4n) is 5.14. The van der Waals surface area contributed by atoms with E-state index >= 15 is 0 Å². The lowest BCUT2D eigenvalue weighted by molar-refractivity contribution is 0.197. The summed E-state index contributed by atoms with van der Waals surface area (Å²) in [6, 6.07) is 15.4. The van der Waals surface area contributed by atoms with Crippen molar-refractivity contribution in [2.75, 3.05) is 6.54 Å². The van der Waals surface area contributed by atoms with Crippen molar-refractivity contribution in [1.29, 1.82) is 0 Å². The summed E-state index contributed by atoms with van der Waals surface area (Å²) in [7, 11) is 2.08. The number of imidazole rings is 1. The van der Waals surface area contributed by atoms with Crippen molar-refractivity contribution in [3.05, 3.63) is 112 Å². The number of likely N-dealkylation sites (tertiary alicyclic amines) is 1. The number of piperidine rings is 1. The Morgan fingerprint density at radius 2 is 1.69 bits per heavy atom. The number of nitrogens with zero attached hydrogens (tertiary/aromatic N) is 3. The first-order valence-corrected chi connectivity index (χ1v) is 13.3. The van der Waals surface area contributed by atoms with Crippen LogP contribution in [0.4, 0.5) is 0 Å². The fourth-order valence-corrected chi connectivity index (χ4v) is 5.40. The molecule has 0 amide bonds. The number of allylic oxidation sites excluding steroid dienone is 3. The van der Waals surface area contributed by atoms with Gasteiger partial charge >= 0.3 is 0 Å². The van der Waals surface area contributed by atoms with E-state index in [1.165, 1.54) is 33.4 Å². The van der Waals surface area contributed by atoms with Crippen LogP contribution in [0.2, 0.25) is 5.15 Å². The monoisotopic (exact) mass is 501 g/mol. The smallest absolute Gasteiger partial charge is 0.152 e. The fraction of sp³-hybridized carbons (Fsp3) is 0.344. The van der Waals surface area contributed by atoms with Crippen molar-refractivity contribution in [2.24, 2.45) is 7.05 Å². The highest BCUT2D eigenvalue weighted by Crippen LogP contribution is 2.41. The molecule has 0 spiro atoms. The molecule has 0 N–H and O–H groups in total. The highest BCUT2D eigenvalue weighted by molar-refractivity contribution is 6.30. The predicted molar refractivity (Wildman–Crippen MR) is 155 cm³/mol. The van der Waals surface area contributed by atoms with Crippen molar-refractivity contribution >= 4 is 11.6 Å². The Labute approximate surface area is 222 Å². The van der Waals surface area contributed by atoms with E-state index in [2.05, 4.69) is 105 Å². The molecule has 3 nitrogen and oxygen atoms in total. The van der Waals surface area contributed by atoms with Crippen LogP contribution in [0.5, 0.6) is 0 Å². The molecule has 36 heavy (non-hydrogen) atoms. The van der Waals surface area contributed by atoms with Crippen LogP contribution < -0.4 is 0 Å². The van der Waals surface area contributed by atoms with Gasteiger partial charge < -0.3 is 4.57 Å². The Balaban J connectivity index is 0.00000176. The van der Waals surface area contributed by atoms with Gasteiger partial charge in [0.15, 0.2) is 5.15 Å². The van der Waals surface area contributed by atoms with Gasteiger partial charge in [0, 0.05) is 25.7 Å². The molecule has 1 fully saturated rings. The van der Waals surface area contributed by atoms with Gasteiger partial charge in [-0.2, -0.15) is 0 Å². The van der Waals surface area contributed by atoms with Crippen LogP contribution in [0.15, 0.2) is 78.4 Å². The van der Waals surface area contributed by atoms with E-state index in [1.807, 2.05) is 19.9 Å². The number of rotatable bonds is 5. The minimum atomic E-state index is 0.153. The summed E-state index contributed by atoms with van der Waals surface area (Å²) in [5, 5.41) is 0.581. The van der Waals surface area contributed by atoms with Crippen LogP contribution in [0.3, 0.4) is 0 Å². The van der Waals surface area contributed by atoms with Gasteiger partial charge in [-0.15, -0.1) is 0 Å². The van der Waals surface area contributed by atoms with E-state index in [4.69, 9.17) is 16.6 Å². The Morgan fingerprint density at radius 1 is 1.06 bits per heavy atom. The number of halogens is 1. The molecule has 2 aromatic carbocycles. The molecule has 2 heterocycles. The quantitative estimate of drug-likeness (QED) is 0.348. The van der Waals surface area contributed by atoms with Crippen molar-refractivity contribution in [3.63, 3.8) is 0 Å². The lowest BCUT2D eigenvalue weighted by Gasteiger charge is -2.39. The molecule has 0 saturated carbocycles. The second kappa shape index (κ2) is 12.4. The van der Waals surface area contributed by atoms with Gasteiger partial charge in [-0.25, -0.2) is 4.98 Å². The molecule has 190 valence electrons. The molecule has 3 aromatic rings. The standard InChI is InChI=1S/C30H34ClN3.C2H6/c1-7-10-23-17-18-34(28(25(23)8-2)24-15-13-20(3)14-16-24)19-26-29(31)32-30(33(26)6)27-21(4)11-9-12-22(27)5;1-2/h7-16,28H,1,17-19H2,2-6H3;1-2H3/b23-10-,25-8+;. The van der Waals surface area contributed by atoms with E-state index in [9.17, 15) is 0 Å². The lowest BCUT2D eigenvalue weighted by Crippen LogP contribution is -2.36. The maximum absolute atomic E-state index is 6.79. The topological polar surface area (TPSA) is 21.1 Å². The number of aryl methyl sites for hydroxylation is 3. The van der Waals surface area contributed by atoms with Crippen molar-refractivity contribution in [2.45, 2.75) is 60.5 Å². The highest BCUT2D eigenvalue weighted by Gasteiger charge is 2.32.